The summed E-state index contributed by atoms with van der Waals surface area (Å²) in [6.45, 7) is 2.04. The molecule has 0 aliphatic carbocycles. The van der Waals surface area contributed by atoms with Gasteiger partial charge in [0.1, 0.15) is 0 Å². The predicted molar refractivity (Wildman–Crippen MR) is 72.7 cm³/mol. The number of benzene rings is 1. The molecule has 1 atom stereocenters. The topological polar surface area (TPSA) is 38.0 Å². The summed E-state index contributed by atoms with van der Waals surface area (Å²) in [5, 5.41) is 15.3. The van der Waals surface area contributed by atoms with Crippen LogP contribution in [-0.4, -0.2) is 14.9 Å². The van der Waals surface area contributed by atoms with Gasteiger partial charge in [0.15, 0.2) is 0 Å². The van der Waals surface area contributed by atoms with E-state index >= 15 is 0 Å². The zero-order valence-corrected chi connectivity index (χ0v) is 11.4. The van der Waals surface area contributed by atoms with Crippen molar-refractivity contribution in [2.45, 2.75) is 25.9 Å². The minimum absolute atomic E-state index is 0.535. The number of aliphatic hydroxyl groups is 1. The quantitative estimate of drug-likeness (QED) is 0.922. The van der Waals surface area contributed by atoms with E-state index in [0.717, 1.165) is 23.2 Å². The molecule has 0 fully saturated rings. The van der Waals surface area contributed by atoms with Crippen LogP contribution in [0, 0.1) is 0 Å². The van der Waals surface area contributed by atoms with Crippen molar-refractivity contribution in [1.82, 2.24) is 9.78 Å². The molecule has 0 spiro atoms. The third-order valence-electron chi connectivity index (χ3n) is 2.95. The zero-order valence-electron chi connectivity index (χ0n) is 10.6. The van der Waals surface area contributed by atoms with Gasteiger partial charge in [0.05, 0.1) is 11.8 Å². The van der Waals surface area contributed by atoms with Gasteiger partial charge in [-0.15, -0.1) is 0 Å². The highest BCUT2D eigenvalue weighted by molar-refractivity contribution is 6.30. The third kappa shape index (κ3) is 2.92. The molecule has 0 aliphatic heterocycles. The van der Waals surface area contributed by atoms with E-state index in [2.05, 4.69) is 5.10 Å². The van der Waals surface area contributed by atoms with E-state index in [0.29, 0.717) is 11.4 Å². The lowest BCUT2D eigenvalue weighted by atomic mass is 10.0. The summed E-state index contributed by atoms with van der Waals surface area (Å²) < 4.78 is 1.75. The molecular weight excluding hydrogens is 248 g/mol. The SMILES string of the molecule is CCc1nn(C)cc1C(O)Cc1cccc(Cl)c1. The van der Waals surface area contributed by atoms with E-state index in [1.165, 1.54) is 0 Å². The Balaban J connectivity index is 2.18. The fourth-order valence-electron chi connectivity index (χ4n) is 2.10. The molecule has 18 heavy (non-hydrogen) atoms. The molecular formula is C14H17ClN2O. The van der Waals surface area contributed by atoms with Crippen LogP contribution in [0.3, 0.4) is 0 Å². The van der Waals surface area contributed by atoms with Crippen LogP contribution in [0.2, 0.25) is 5.02 Å². The fraction of sp³-hybridized carbons (Fsp3) is 0.357. The number of aryl methyl sites for hydroxylation is 2. The number of hydrogen-bond donors (Lipinski definition) is 1. The van der Waals surface area contributed by atoms with Crippen molar-refractivity contribution in [2.75, 3.05) is 0 Å². The highest BCUT2D eigenvalue weighted by Crippen LogP contribution is 2.22. The molecule has 1 unspecified atom stereocenters. The van der Waals surface area contributed by atoms with E-state index in [4.69, 9.17) is 11.6 Å². The van der Waals surface area contributed by atoms with Gasteiger partial charge in [-0.1, -0.05) is 30.7 Å². The number of nitrogens with zero attached hydrogens (tertiary/aromatic N) is 2. The maximum absolute atomic E-state index is 10.3. The molecule has 1 aromatic carbocycles. The minimum Gasteiger partial charge on any atom is -0.388 e. The lowest BCUT2D eigenvalue weighted by Gasteiger charge is -2.10. The molecule has 0 aliphatic rings. The fourth-order valence-corrected chi connectivity index (χ4v) is 2.32. The lowest BCUT2D eigenvalue weighted by Crippen LogP contribution is -2.03. The van der Waals surface area contributed by atoms with Crippen LogP contribution in [0.25, 0.3) is 0 Å². The molecule has 2 aromatic rings. The molecule has 0 radical (unpaired) electrons. The summed E-state index contributed by atoms with van der Waals surface area (Å²) in [4.78, 5) is 0. The van der Waals surface area contributed by atoms with Crippen molar-refractivity contribution in [2.24, 2.45) is 7.05 Å². The Bertz CT molecular complexity index is 536. The molecule has 3 nitrogen and oxygen atoms in total. The number of halogens is 1. The molecule has 0 bridgehead atoms. The highest BCUT2D eigenvalue weighted by atomic mass is 35.5. The van der Waals surface area contributed by atoms with Gasteiger partial charge in [-0.25, -0.2) is 0 Å². The van der Waals surface area contributed by atoms with Gasteiger partial charge in [0.2, 0.25) is 0 Å². The van der Waals surface area contributed by atoms with Crippen LogP contribution >= 0.6 is 11.6 Å². The number of aromatic nitrogens is 2. The van der Waals surface area contributed by atoms with Gasteiger partial charge in [0, 0.05) is 30.3 Å². The van der Waals surface area contributed by atoms with Gasteiger partial charge in [0.25, 0.3) is 0 Å². The Morgan fingerprint density at radius 3 is 2.89 bits per heavy atom. The summed E-state index contributed by atoms with van der Waals surface area (Å²) >= 11 is 5.94. The standard InChI is InChI=1S/C14H17ClN2O/c1-3-13-12(9-17(2)16-13)14(18)8-10-5-4-6-11(15)7-10/h4-7,9,14,18H,3,8H2,1-2H3. The monoisotopic (exact) mass is 264 g/mol. The Morgan fingerprint density at radius 2 is 2.22 bits per heavy atom. The summed E-state index contributed by atoms with van der Waals surface area (Å²) in [5.74, 6) is 0. The zero-order chi connectivity index (χ0) is 13.1. The molecule has 96 valence electrons. The lowest BCUT2D eigenvalue weighted by molar-refractivity contribution is 0.177. The van der Waals surface area contributed by atoms with Crippen LogP contribution in [0.15, 0.2) is 30.5 Å². The molecule has 0 amide bonds. The number of hydrogen-bond acceptors (Lipinski definition) is 2. The Labute approximate surface area is 112 Å². The van der Waals surface area contributed by atoms with E-state index < -0.39 is 6.10 Å². The summed E-state index contributed by atoms with van der Waals surface area (Å²) in [5.41, 5.74) is 2.88. The maximum Gasteiger partial charge on any atom is 0.0863 e. The van der Waals surface area contributed by atoms with Gasteiger partial charge in [-0.05, 0) is 24.1 Å². The molecule has 1 aromatic heterocycles. The van der Waals surface area contributed by atoms with Crippen LogP contribution in [-0.2, 0) is 19.9 Å². The maximum atomic E-state index is 10.3. The van der Waals surface area contributed by atoms with E-state index in [9.17, 15) is 5.11 Å². The predicted octanol–water partition coefficient (Wildman–Crippen LogP) is 2.91. The van der Waals surface area contributed by atoms with Crippen molar-refractivity contribution < 1.29 is 5.11 Å². The van der Waals surface area contributed by atoms with Gasteiger partial charge < -0.3 is 5.11 Å². The second-order valence-electron chi connectivity index (χ2n) is 4.41. The second-order valence-corrected chi connectivity index (χ2v) is 4.84. The average Bonchev–Trinajstić information content (AvgIpc) is 2.70. The van der Waals surface area contributed by atoms with E-state index in [-0.39, 0.29) is 0 Å². The third-order valence-corrected chi connectivity index (χ3v) is 3.18. The summed E-state index contributed by atoms with van der Waals surface area (Å²) in [6.07, 6.45) is 2.72. The summed E-state index contributed by atoms with van der Waals surface area (Å²) in [6, 6.07) is 7.58. The Hall–Kier alpha value is -1.32. The Morgan fingerprint density at radius 1 is 1.44 bits per heavy atom. The molecule has 0 saturated heterocycles. The molecule has 4 heteroatoms. The smallest absolute Gasteiger partial charge is 0.0863 e. The molecule has 2 rings (SSSR count). The highest BCUT2D eigenvalue weighted by Gasteiger charge is 2.15. The van der Waals surface area contributed by atoms with Crippen molar-refractivity contribution in [3.05, 3.63) is 52.3 Å². The van der Waals surface area contributed by atoms with Crippen LogP contribution in [0.1, 0.15) is 29.8 Å². The molecule has 1 N–H and O–H groups in total. The molecule has 0 saturated carbocycles. The summed E-state index contributed by atoms with van der Waals surface area (Å²) in [7, 11) is 1.87. The molecule has 1 heterocycles. The average molecular weight is 265 g/mol. The first-order valence-electron chi connectivity index (χ1n) is 6.05. The van der Waals surface area contributed by atoms with Gasteiger partial charge in [-0.3, -0.25) is 4.68 Å². The Kier molecular flexibility index (Phi) is 4.04. The number of aliphatic hydroxyl groups excluding tert-OH is 1. The largest absolute Gasteiger partial charge is 0.388 e. The van der Waals surface area contributed by atoms with Crippen LogP contribution < -0.4 is 0 Å². The second kappa shape index (κ2) is 5.55. The first kappa shape index (κ1) is 13.1. The minimum atomic E-state index is -0.535. The van der Waals surface area contributed by atoms with E-state index in [1.54, 1.807) is 4.68 Å². The van der Waals surface area contributed by atoms with Crippen molar-refractivity contribution in [1.29, 1.82) is 0 Å². The van der Waals surface area contributed by atoms with Crippen LogP contribution in [0.4, 0.5) is 0 Å². The van der Waals surface area contributed by atoms with Crippen LogP contribution in [0.5, 0.6) is 0 Å². The van der Waals surface area contributed by atoms with Crippen molar-refractivity contribution in [3.63, 3.8) is 0 Å². The van der Waals surface area contributed by atoms with Crippen molar-refractivity contribution >= 4 is 11.6 Å². The first-order chi connectivity index (χ1) is 8.60. The van der Waals surface area contributed by atoms with Crippen molar-refractivity contribution in [3.8, 4) is 0 Å². The van der Waals surface area contributed by atoms with E-state index in [1.807, 2.05) is 44.4 Å². The normalized spacial score (nSPS) is 12.7. The van der Waals surface area contributed by atoms with Gasteiger partial charge >= 0.3 is 0 Å². The van der Waals surface area contributed by atoms with Gasteiger partial charge in [-0.2, -0.15) is 5.10 Å². The first-order valence-corrected chi connectivity index (χ1v) is 6.43. The number of rotatable bonds is 4.